The number of likely N-dealkylation sites (tertiary alicyclic amines) is 1. The molecule has 3 aromatic carbocycles. The number of carbonyl (C=O) groups is 2. The Bertz CT molecular complexity index is 1620. The first kappa shape index (κ1) is 27.3. The van der Waals surface area contributed by atoms with Crippen molar-refractivity contribution in [3.05, 3.63) is 90.0 Å². The number of fused-ring (bicyclic) bond motifs is 7. The van der Waals surface area contributed by atoms with Crippen LogP contribution in [-0.2, 0) is 11.3 Å². The second kappa shape index (κ2) is 11.9. The Morgan fingerprint density at radius 2 is 2.02 bits per heavy atom. The molecule has 1 N–H and O–H groups in total. The van der Waals surface area contributed by atoms with E-state index in [0.29, 0.717) is 42.6 Å². The summed E-state index contributed by atoms with van der Waals surface area (Å²) in [6, 6.07) is 17.4. The van der Waals surface area contributed by atoms with Crippen molar-refractivity contribution in [1.82, 2.24) is 19.8 Å². The normalized spacial score (nSPS) is 16.6. The van der Waals surface area contributed by atoms with Crippen LogP contribution in [0.1, 0.15) is 28.8 Å². The molecule has 216 valence electrons. The number of benzene rings is 3. The summed E-state index contributed by atoms with van der Waals surface area (Å²) in [6.07, 6.45) is 5.25. The van der Waals surface area contributed by atoms with Gasteiger partial charge in [0.05, 0.1) is 13.7 Å². The molecule has 1 unspecified atom stereocenters. The fourth-order valence-electron chi connectivity index (χ4n) is 5.43. The Kier molecular flexibility index (Phi) is 7.76. The number of nitrogens with zero attached hydrogens (tertiary/aromatic N) is 3. The number of aromatic nitrogens is 2. The first-order valence-corrected chi connectivity index (χ1v) is 13.9. The lowest BCUT2D eigenvalue weighted by Gasteiger charge is -2.33. The van der Waals surface area contributed by atoms with Crippen LogP contribution in [0, 0.1) is 11.7 Å². The number of piperidine rings is 1. The molecule has 3 heterocycles. The molecule has 0 spiro atoms. The second-order valence-electron chi connectivity index (χ2n) is 10.4. The minimum Gasteiger partial charge on any atom is -0.493 e. The molecular formula is C32H31FN4O5. The molecular weight excluding hydrogens is 539 g/mol. The zero-order valence-corrected chi connectivity index (χ0v) is 23.2. The number of nitrogens with one attached hydrogen (secondary N) is 1. The Morgan fingerprint density at radius 3 is 2.88 bits per heavy atom. The summed E-state index contributed by atoms with van der Waals surface area (Å²) in [5.74, 6) is 1.08. The summed E-state index contributed by atoms with van der Waals surface area (Å²) >= 11 is 0. The van der Waals surface area contributed by atoms with Gasteiger partial charge >= 0.3 is 0 Å². The van der Waals surface area contributed by atoms with Gasteiger partial charge < -0.3 is 24.4 Å². The van der Waals surface area contributed by atoms with E-state index in [-0.39, 0.29) is 36.6 Å². The molecule has 42 heavy (non-hydrogen) atoms. The van der Waals surface area contributed by atoms with E-state index < -0.39 is 5.82 Å². The summed E-state index contributed by atoms with van der Waals surface area (Å²) < 4.78 is 32.9. The zero-order valence-electron chi connectivity index (χ0n) is 23.2. The molecule has 2 aliphatic rings. The van der Waals surface area contributed by atoms with Gasteiger partial charge in [0.2, 0.25) is 0 Å². The number of para-hydroxylation sites is 1. The first-order valence-electron chi connectivity index (χ1n) is 13.9. The van der Waals surface area contributed by atoms with E-state index in [2.05, 4.69) is 10.3 Å². The highest BCUT2D eigenvalue weighted by Gasteiger charge is 2.26. The lowest BCUT2D eigenvalue weighted by molar-refractivity contribution is -0.123. The highest BCUT2D eigenvalue weighted by molar-refractivity contribution is 5.95. The lowest BCUT2D eigenvalue weighted by Crippen LogP contribution is -2.41. The molecule has 2 aliphatic heterocycles. The topological polar surface area (TPSA) is 94.9 Å². The predicted octanol–water partition coefficient (Wildman–Crippen LogP) is 4.63. The fraction of sp³-hybridized carbons (Fsp3) is 0.281. The second-order valence-corrected chi connectivity index (χ2v) is 10.4. The standard InChI is InChI=1S/C32H31FN4O5/c1-40-28-9-8-23-16-29(28)42-20-30(38)35-17-22-13-24(15-25(14-22)37-12-10-34-31(23)37)32(39)36-11-4-5-21(18-36)19-41-27-7-3-2-6-26(27)33/h2-3,6-10,12-16,21H,4-5,11,17-20H2,1H3,(H,35,38). The van der Waals surface area contributed by atoms with Gasteiger partial charge in [-0.1, -0.05) is 12.1 Å². The third-order valence-corrected chi connectivity index (χ3v) is 7.53. The molecule has 4 bridgehead atoms. The van der Waals surface area contributed by atoms with Crippen molar-refractivity contribution in [2.75, 3.05) is 33.4 Å². The summed E-state index contributed by atoms with van der Waals surface area (Å²) in [6.45, 7) is 1.48. The Hall–Kier alpha value is -4.86. The molecule has 4 aromatic rings. The molecule has 0 saturated carbocycles. The maximum absolute atomic E-state index is 14.0. The van der Waals surface area contributed by atoms with Crippen molar-refractivity contribution in [1.29, 1.82) is 0 Å². The molecule has 0 radical (unpaired) electrons. The van der Waals surface area contributed by atoms with Crippen molar-refractivity contribution in [2.45, 2.75) is 19.4 Å². The van der Waals surface area contributed by atoms with Gasteiger partial charge in [0.15, 0.2) is 29.7 Å². The fourth-order valence-corrected chi connectivity index (χ4v) is 5.43. The molecule has 1 atom stereocenters. The van der Waals surface area contributed by atoms with Crippen molar-refractivity contribution >= 4 is 11.8 Å². The van der Waals surface area contributed by atoms with Crippen LogP contribution in [0.3, 0.4) is 0 Å². The zero-order chi connectivity index (χ0) is 29.1. The molecule has 1 aromatic heterocycles. The number of hydrogen-bond acceptors (Lipinski definition) is 6. The molecule has 1 fully saturated rings. The van der Waals surface area contributed by atoms with Gasteiger partial charge in [0.1, 0.15) is 5.82 Å². The van der Waals surface area contributed by atoms with Crippen molar-refractivity contribution < 1.29 is 28.2 Å². The molecule has 2 amide bonds. The van der Waals surface area contributed by atoms with E-state index in [0.717, 1.165) is 29.7 Å². The van der Waals surface area contributed by atoms with Gasteiger partial charge in [-0.05, 0) is 66.9 Å². The van der Waals surface area contributed by atoms with Gasteiger partial charge in [-0.3, -0.25) is 14.2 Å². The highest BCUT2D eigenvalue weighted by Crippen LogP contribution is 2.33. The van der Waals surface area contributed by atoms with Crippen molar-refractivity contribution in [2.24, 2.45) is 5.92 Å². The minimum absolute atomic E-state index is 0.0791. The highest BCUT2D eigenvalue weighted by atomic mass is 19.1. The molecule has 9 nitrogen and oxygen atoms in total. The monoisotopic (exact) mass is 570 g/mol. The van der Waals surface area contributed by atoms with E-state index in [1.54, 1.807) is 43.6 Å². The number of rotatable bonds is 5. The Balaban J connectivity index is 1.29. The van der Waals surface area contributed by atoms with Gasteiger partial charge in [0, 0.05) is 54.8 Å². The summed E-state index contributed by atoms with van der Waals surface area (Å²) in [7, 11) is 1.54. The Morgan fingerprint density at radius 1 is 1.14 bits per heavy atom. The predicted molar refractivity (Wildman–Crippen MR) is 153 cm³/mol. The minimum atomic E-state index is -0.399. The molecule has 0 aliphatic carbocycles. The number of halogens is 1. The third-order valence-electron chi connectivity index (χ3n) is 7.53. The van der Waals surface area contributed by atoms with E-state index in [4.69, 9.17) is 14.2 Å². The SMILES string of the molecule is COc1ccc2cc1OCC(=O)NCc1cc(C(=O)N3CCCC(COc4ccccc4F)C3)cc(c1)-n1ccnc1-2. The van der Waals surface area contributed by atoms with Crippen LogP contribution in [0.2, 0.25) is 0 Å². The Labute approximate surface area is 242 Å². The van der Waals surface area contributed by atoms with Crippen LogP contribution >= 0.6 is 0 Å². The summed E-state index contributed by atoms with van der Waals surface area (Å²) in [4.78, 5) is 32.9. The van der Waals surface area contributed by atoms with Crippen molar-refractivity contribution in [3.63, 3.8) is 0 Å². The number of methoxy groups -OCH3 is 1. The smallest absolute Gasteiger partial charge is 0.258 e. The summed E-state index contributed by atoms with van der Waals surface area (Å²) in [5, 5.41) is 2.88. The first-order chi connectivity index (χ1) is 20.5. The number of amides is 2. The van der Waals surface area contributed by atoms with Crippen LogP contribution in [-0.4, -0.2) is 59.7 Å². The summed E-state index contributed by atoms with van der Waals surface area (Å²) in [5.41, 5.74) is 2.78. The van der Waals surface area contributed by atoms with Crippen molar-refractivity contribution in [3.8, 4) is 34.3 Å². The number of hydrogen-bond donors (Lipinski definition) is 1. The average molecular weight is 571 g/mol. The number of carbonyl (C=O) groups excluding carboxylic acids is 2. The quantitative estimate of drug-likeness (QED) is 0.376. The lowest BCUT2D eigenvalue weighted by atomic mass is 9.97. The maximum Gasteiger partial charge on any atom is 0.258 e. The van der Waals surface area contributed by atoms with E-state index in [1.807, 2.05) is 39.9 Å². The number of ether oxygens (including phenoxy) is 3. The van der Waals surface area contributed by atoms with Gasteiger partial charge in [0.25, 0.3) is 11.8 Å². The van der Waals surface area contributed by atoms with Crippen LogP contribution in [0.4, 0.5) is 4.39 Å². The number of imidazole rings is 1. The van der Waals surface area contributed by atoms with Gasteiger partial charge in [-0.2, -0.15) is 0 Å². The van der Waals surface area contributed by atoms with Gasteiger partial charge in [-0.15, -0.1) is 0 Å². The van der Waals surface area contributed by atoms with Gasteiger partial charge in [-0.25, -0.2) is 9.37 Å². The van der Waals surface area contributed by atoms with Crippen LogP contribution in [0.15, 0.2) is 73.1 Å². The average Bonchev–Trinajstić information content (AvgIpc) is 3.52. The van der Waals surface area contributed by atoms with E-state index >= 15 is 0 Å². The molecule has 10 heteroatoms. The van der Waals surface area contributed by atoms with Crippen LogP contribution in [0.5, 0.6) is 17.2 Å². The van der Waals surface area contributed by atoms with Crippen LogP contribution in [0.25, 0.3) is 17.1 Å². The third kappa shape index (κ3) is 5.79. The van der Waals surface area contributed by atoms with E-state index in [1.165, 1.54) is 6.07 Å². The van der Waals surface area contributed by atoms with Crippen LogP contribution < -0.4 is 19.5 Å². The molecule has 6 rings (SSSR count). The largest absolute Gasteiger partial charge is 0.493 e. The maximum atomic E-state index is 14.0. The molecule has 1 saturated heterocycles. The van der Waals surface area contributed by atoms with E-state index in [9.17, 15) is 14.0 Å².